The molecule has 14 nitrogen and oxygen atoms in total. The molecule has 0 radical (unpaired) electrons. The second-order valence-corrected chi connectivity index (χ2v) is 26.0. The first-order chi connectivity index (χ1) is 26.4. The minimum atomic E-state index is -3.21. The molecule has 0 aliphatic carbocycles. The van der Waals surface area contributed by atoms with Gasteiger partial charge < -0.3 is 62.9 Å². The lowest BCUT2D eigenvalue weighted by atomic mass is 10.2. The molecule has 4 unspecified atom stereocenters. The number of nitrogens with zero attached hydrogens (tertiary/aromatic N) is 2. The van der Waals surface area contributed by atoms with Gasteiger partial charge in [-0.25, -0.2) is 0 Å². The Morgan fingerprint density at radius 1 is 0.364 bits per heavy atom. The summed E-state index contributed by atoms with van der Waals surface area (Å²) in [5, 5.41) is 0. The molecule has 55 heavy (non-hydrogen) atoms. The van der Waals surface area contributed by atoms with Crippen LogP contribution in [0.5, 0.6) is 0 Å². The molecule has 0 amide bonds. The highest BCUT2D eigenvalue weighted by Crippen LogP contribution is 2.38. The quantitative estimate of drug-likeness (QED) is 0.0900. The van der Waals surface area contributed by atoms with Crippen LogP contribution in [0.3, 0.4) is 0 Å². The predicted octanol–water partition coefficient (Wildman–Crippen LogP) is 6.23. The van der Waals surface area contributed by atoms with Crippen molar-refractivity contribution >= 4 is 58.4 Å². The Bertz CT molecular complexity index is 1170. The largest absolute Gasteiger partial charge is 0.523 e. The molecule has 0 saturated carbocycles. The summed E-state index contributed by atoms with van der Waals surface area (Å²) in [6, 6.07) is 16.9. The average Bonchev–Trinajstić information content (AvgIpc) is 3.24. The molecule has 0 saturated heterocycles. The molecule has 0 heterocycles. The fourth-order valence-electron chi connectivity index (χ4n) is 7.76. The van der Waals surface area contributed by atoms with Crippen LogP contribution in [0.15, 0.2) is 58.3 Å². The van der Waals surface area contributed by atoms with Crippen molar-refractivity contribution in [1.29, 1.82) is 0 Å². The molecule has 0 aliphatic rings. The highest BCUT2D eigenvalue weighted by Gasteiger charge is 2.59. The van der Waals surface area contributed by atoms with Crippen molar-refractivity contribution in [3.8, 4) is 0 Å². The molecule has 0 aliphatic heterocycles. The molecule has 0 bridgehead atoms. The van der Waals surface area contributed by atoms with Gasteiger partial charge in [-0.15, -0.1) is 0 Å². The van der Waals surface area contributed by atoms with E-state index in [1.165, 1.54) is 0 Å². The number of hydrogen-bond acceptors (Lipinski definition) is 15. The van der Waals surface area contributed by atoms with E-state index in [-0.39, 0.29) is 22.7 Å². The maximum Gasteiger partial charge on any atom is 0.523 e. The van der Waals surface area contributed by atoms with E-state index in [9.17, 15) is 0 Å². The molecule has 0 N–H and O–H groups in total. The zero-order valence-electron chi connectivity index (χ0n) is 36.0. The van der Waals surface area contributed by atoms with Crippen molar-refractivity contribution in [3.63, 3.8) is 0 Å². The maximum atomic E-state index is 6.05. The van der Waals surface area contributed by atoms with E-state index in [1.54, 1.807) is 97.1 Å². The van der Waals surface area contributed by atoms with Gasteiger partial charge in [0.1, 0.15) is 0 Å². The lowest BCUT2D eigenvalue weighted by molar-refractivity contribution is 0.0967. The SMILES string of the molecule is CCC(N(c1ccc(Sc2ccc(N(C(CC)[Si](OC)(OC)OC)C(CC)[Si](OC)(OC)OC)cc2)cc1)C(CC)[Si](OC)(OC)OC)[Si](OC)(OC)OC. The second kappa shape index (κ2) is 23.4. The first-order valence-corrected chi connectivity index (χ1v) is 26.5. The van der Waals surface area contributed by atoms with Crippen LogP contribution in [0, 0.1) is 0 Å². The fourth-order valence-corrected chi connectivity index (χ4v) is 18.8. The molecular formula is C36H68N2O12SSi4. The van der Waals surface area contributed by atoms with Gasteiger partial charge in [-0.3, -0.25) is 0 Å². The predicted molar refractivity (Wildman–Crippen MR) is 225 cm³/mol. The van der Waals surface area contributed by atoms with E-state index in [4.69, 9.17) is 53.1 Å². The topological polar surface area (TPSA) is 117 Å². The van der Waals surface area contributed by atoms with Crippen molar-refractivity contribution in [1.82, 2.24) is 0 Å². The van der Waals surface area contributed by atoms with Gasteiger partial charge in [-0.2, -0.15) is 0 Å². The normalized spacial score (nSPS) is 15.1. The van der Waals surface area contributed by atoms with Gasteiger partial charge in [-0.05, 0) is 74.2 Å². The van der Waals surface area contributed by atoms with Crippen LogP contribution >= 0.6 is 11.8 Å². The summed E-state index contributed by atoms with van der Waals surface area (Å²) in [6.07, 6.45) is 2.73. The first-order valence-electron chi connectivity index (χ1n) is 18.5. The van der Waals surface area contributed by atoms with Gasteiger partial charge in [0, 0.05) is 106 Å². The monoisotopic (exact) mass is 864 g/mol. The third kappa shape index (κ3) is 10.3. The summed E-state index contributed by atoms with van der Waals surface area (Å²) in [6.45, 7) is 8.40. The summed E-state index contributed by atoms with van der Waals surface area (Å²) in [7, 11) is 6.83. The summed E-state index contributed by atoms with van der Waals surface area (Å²) in [4.78, 5) is 6.65. The third-order valence-electron chi connectivity index (χ3n) is 10.4. The molecule has 2 rings (SSSR count). The third-order valence-corrected chi connectivity index (χ3v) is 24.3. The highest BCUT2D eigenvalue weighted by atomic mass is 32.2. The van der Waals surface area contributed by atoms with Crippen molar-refractivity contribution in [2.45, 2.75) is 85.8 Å². The first kappa shape index (κ1) is 49.9. The molecule has 0 fully saturated rings. The van der Waals surface area contributed by atoms with Gasteiger partial charge >= 0.3 is 35.2 Å². The van der Waals surface area contributed by atoms with Gasteiger partial charge in [0.05, 0.1) is 22.7 Å². The molecule has 0 aromatic heterocycles. The van der Waals surface area contributed by atoms with E-state index in [2.05, 4.69) is 86.0 Å². The summed E-state index contributed by atoms with van der Waals surface area (Å²) in [5.41, 5.74) is 0.852. The van der Waals surface area contributed by atoms with E-state index in [1.807, 2.05) is 0 Å². The standard InChI is InChI=1S/C36H68N2O12SSi4/c1-17-33(52(39-5,40-6)41-7)37(34(18-2)53(42-8,43-9)44-10)29-21-25-31(26-22-29)51-32-27-23-30(24-28-32)38(35(19-3)54(45-11,46-12)47-13)36(20-4)55(48-14,49-15)50-16/h21-28,33-36H,17-20H2,1-16H3. The van der Waals surface area contributed by atoms with Crippen LogP contribution in [0.2, 0.25) is 0 Å². The van der Waals surface area contributed by atoms with Crippen molar-refractivity contribution in [2.75, 3.05) is 95.1 Å². The van der Waals surface area contributed by atoms with Crippen LogP contribution in [0.25, 0.3) is 0 Å². The van der Waals surface area contributed by atoms with Gasteiger partial charge in [0.2, 0.25) is 0 Å². The Balaban J connectivity index is 2.67. The number of anilines is 2. The van der Waals surface area contributed by atoms with E-state index in [0.29, 0.717) is 25.7 Å². The Hall–Kier alpha value is -1.22. The van der Waals surface area contributed by atoms with Crippen molar-refractivity contribution in [2.24, 2.45) is 0 Å². The number of benzene rings is 2. The van der Waals surface area contributed by atoms with Gasteiger partial charge in [0.25, 0.3) is 0 Å². The molecule has 19 heteroatoms. The lowest BCUT2D eigenvalue weighted by Gasteiger charge is -2.47. The molecule has 4 atom stereocenters. The smallest absolute Gasteiger partial charge is 0.376 e. The van der Waals surface area contributed by atoms with Gasteiger partial charge in [-0.1, -0.05) is 39.5 Å². The van der Waals surface area contributed by atoms with Crippen LogP contribution in [0.4, 0.5) is 11.4 Å². The second-order valence-electron chi connectivity index (χ2n) is 12.5. The van der Waals surface area contributed by atoms with Crippen LogP contribution < -0.4 is 9.80 Å². The minimum absolute atomic E-state index is 0.259. The molecular weight excluding hydrogens is 797 g/mol. The summed E-state index contributed by atoms with van der Waals surface area (Å²) in [5.74, 6) is 0. The van der Waals surface area contributed by atoms with Crippen molar-refractivity contribution < 1.29 is 53.1 Å². The molecule has 2 aromatic carbocycles. The Morgan fingerprint density at radius 3 is 0.691 bits per heavy atom. The van der Waals surface area contributed by atoms with Crippen LogP contribution in [-0.4, -0.2) is 143 Å². The maximum absolute atomic E-state index is 6.05. The lowest BCUT2D eigenvalue weighted by Crippen LogP contribution is -2.70. The highest BCUT2D eigenvalue weighted by molar-refractivity contribution is 7.99. The van der Waals surface area contributed by atoms with Crippen LogP contribution in [-0.2, 0) is 53.1 Å². The van der Waals surface area contributed by atoms with E-state index in [0.717, 1.165) is 21.2 Å². The number of hydrogen-bond donors (Lipinski definition) is 0. The zero-order valence-corrected chi connectivity index (χ0v) is 40.8. The Morgan fingerprint density at radius 2 is 0.545 bits per heavy atom. The number of rotatable bonds is 28. The van der Waals surface area contributed by atoms with Crippen LogP contribution in [0.1, 0.15) is 53.4 Å². The average molecular weight is 865 g/mol. The van der Waals surface area contributed by atoms with Crippen molar-refractivity contribution in [3.05, 3.63) is 48.5 Å². The summed E-state index contributed by atoms with van der Waals surface area (Å²) < 4.78 is 72.6. The summed E-state index contributed by atoms with van der Waals surface area (Å²) >= 11 is 1.66. The van der Waals surface area contributed by atoms with Gasteiger partial charge in [0.15, 0.2) is 0 Å². The molecule has 0 spiro atoms. The fraction of sp³-hybridized carbons (Fsp3) is 0.667. The Kier molecular flexibility index (Phi) is 21.2. The molecule has 2 aromatic rings. The van der Waals surface area contributed by atoms with E-state index < -0.39 is 35.2 Å². The molecule has 316 valence electrons. The minimum Gasteiger partial charge on any atom is -0.376 e. The zero-order chi connectivity index (χ0) is 41.5. The Labute approximate surface area is 339 Å². The van der Waals surface area contributed by atoms with E-state index >= 15 is 0 Å².